The lowest BCUT2D eigenvalue weighted by molar-refractivity contribution is -0.117. The van der Waals surface area contributed by atoms with Gasteiger partial charge in [0.1, 0.15) is 6.33 Å². The third-order valence-corrected chi connectivity index (χ3v) is 4.91. The number of rotatable bonds is 5. The number of thiazole rings is 1. The molecule has 134 valence electrons. The van der Waals surface area contributed by atoms with E-state index in [0.29, 0.717) is 5.13 Å². The van der Waals surface area contributed by atoms with Gasteiger partial charge in [0.2, 0.25) is 5.91 Å². The van der Waals surface area contributed by atoms with Gasteiger partial charge in [-0.3, -0.25) is 9.69 Å². The van der Waals surface area contributed by atoms with Gasteiger partial charge in [0, 0.05) is 5.38 Å². The van der Waals surface area contributed by atoms with Gasteiger partial charge in [-0.25, -0.2) is 9.67 Å². The molecule has 7 nitrogen and oxygen atoms in total. The standard InChI is InChI=1S/C19H16N6OS/c1-14-12-27-19(21-14)25(17-5-3-2-4-6-17)18(26)11-15-7-9-16(10-8-15)24-13-20-22-23-24/h2-10,12-13H,11H2,1H3. The molecule has 0 unspecified atom stereocenters. The van der Waals surface area contributed by atoms with E-state index in [1.807, 2.05) is 66.9 Å². The average Bonchev–Trinajstić information content (AvgIpc) is 3.36. The summed E-state index contributed by atoms with van der Waals surface area (Å²) in [4.78, 5) is 19.3. The van der Waals surface area contributed by atoms with E-state index in [4.69, 9.17) is 0 Å². The second kappa shape index (κ2) is 7.46. The number of carbonyl (C=O) groups excluding carboxylic acids is 1. The van der Waals surface area contributed by atoms with Crippen LogP contribution in [0, 0.1) is 6.92 Å². The Balaban J connectivity index is 1.58. The van der Waals surface area contributed by atoms with Gasteiger partial charge in [0.15, 0.2) is 5.13 Å². The van der Waals surface area contributed by atoms with Crippen LogP contribution in [0.4, 0.5) is 10.8 Å². The van der Waals surface area contributed by atoms with Crippen LogP contribution < -0.4 is 4.90 Å². The third kappa shape index (κ3) is 3.75. The third-order valence-electron chi connectivity index (χ3n) is 3.97. The zero-order chi connectivity index (χ0) is 18.6. The molecule has 2 heterocycles. The molecule has 0 bridgehead atoms. The molecule has 0 spiro atoms. The molecule has 27 heavy (non-hydrogen) atoms. The van der Waals surface area contributed by atoms with Crippen molar-refractivity contribution in [1.29, 1.82) is 0 Å². The molecule has 2 aromatic heterocycles. The highest BCUT2D eigenvalue weighted by atomic mass is 32.1. The first-order valence-corrected chi connectivity index (χ1v) is 9.21. The van der Waals surface area contributed by atoms with Gasteiger partial charge in [-0.1, -0.05) is 30.3 Å². The highest BCUT2D eigenvalue weighted by molar-refractivity contribution is 7.14. The minimum atomic E-state index is -0.0364. The quantitative estimate of drug-likeness (QED) is 0.534. The molecule has 2 aromatic carbocycles. The van der Waals surface area contributed by atoms with E-state index in [1.54, 1.807) is 9.58 Å². The Morgan fingerprint density at radius 3 is 2.52 bits per heavy atom. The second-order valence-corrected chi connectivity index (χ2v) is 6.77. The largest absolute Gasteiger partial charge is 0.274 e. The Labute approximate surface area is 159 Å². The Bertz CT molecular complexity index is 1030. The lowest BCUT2D eigenvalue weighted by Crippen LogP contribution is -2.27. The van der Waals surface area contributed by atoms with Crippen molar-refractivity contribution in [1.82, 2.24) is 25.2 Å². The monoisotopic (exact) mass is 376 g/mol. The van der Waals surface area contributed by atoms with Crippen LogP contribution in [0.3, 0.4) is 0 Å². The molecule has 0 aliphatic carbocycles. The first-order chi connectivity index (χ1) is 13.2. The summed E-state index contributed by atoms with van der Waals surface area (Å²) in [6, 6.07) is 17.2. The topological polar surface area (TPSA) is 76.8 Å². The molecule has 0 aliphatic heterocycles. The van der Waals surface area contributed by atoms with Gasteiger partial charge in [-0.2, -0.15) is 0 Å². The number of tetrazole rings is 1. The number of nitrogens with zero attached hydrogens (tertiary/aromatic N) is 6. The van der Waals surface area contributed by atoms with Gasteiger partial charge in [0.25, 0.3) is 0 Å². The van der Waals surface area contributed by atoms with Gasteiger partial charge >= 0.3 is 0 Å². The van der Waals surface area contributed by atoms with Gasteiger partial charge in [-0.15, -0.1) is 16.4 Å². The van der Waals surface area contributed by atoms with Crippen molar-refractivity contribution in [2.45, 2.75) is 13.3 Å². The first-order valence-electron chi connectivity index (χ1n) is 8.33. The number of aromatic nitrogens is 5. The van der Waals surface area contributed by atoms with E-state index in [2.05, 4.69) is 20.5 Å². The predicted molar refractivity (Wildman–Crippen MR) is 103 cm³/mol. The molecule has 1 amide bonds. The van der Waals surface area contributed by atoms with Crippen LogP contribution in [0.2, 0.25) is 0 Å². The summed E-state index contributed by atoms with van der Waals surface area (Å²) < 4.78 is 1.57. The van der Waals surface area contributed by atoms with Crippen LogP contribution in [-0.4, -0.2) is 31.1 Å². The summed E-state index contributed by atoms with van der Waals surface area (Å²) in [5, 5.41) is 13.7. The Kier molecular flexibility index (Phi) is 4.71. The number of benzene rings is 2. The lowest BCUT2D eigenvalue weighted by Gasteiger charge is -2.20. The number of anilines is 2. The Morgan fingerprint density at radius 2 is 1.89 bits per heavy atom. The van der Waals surface area contributed by atoms with E-state index in [-0.39, 0.29) is 12.3 Å². The van der Waals surface area contributed by atoms with Crippen molar-refractivity contribution in [3.63, 3.8) is 0 Å². The molecule has 0 atom stereocenters. The molecule has 0 saturated heterocycles. The number of para-hydroxylation sites is 1. The van der Waals surface area contributed by atoms with E-state index in [9.17, 15) is 4.79 Å². The molecule has 8 heteroatoms. The summed E-state index contributed by atoms with van der Waals surface area (Å²) in [6.45, 7) is 1.92. The minimum absolute atomic E-state index is 0.0364. The van der Waals surface area contributed by atoms with Crippen molar-refractivity contribution in [3.05, 3.63) is 77.6 Å². The normalized spacial score (nSPS) is 10.7. The molecular weight excluding hydrogens is 360 g/mol. The maximum atomic E-state index is 13.1. The average molecular weight is 376 g/mol. The Morgan fingerprint density at radius 1 is 1.11 bits per heavy atom. The van der Waals surface area contributed by atoms with E-state index < -0.39 is 0 Å². The maximum Gasteiger partial charge on any atom is 0.237 e. The summed E-state index contributed by atoms with van der Waals surface area (Å²) >= 11 is 1.46. The minimum Gasteiger partial charge on any atom is -0.274 e. The first kappa shape index (κ1) is 17.0. The Hall–Kier alpha value is -3.39. The predicted octanol–water partition coefficient (Wildman–Crippen LogP) is 3.33. The summed E-state index contributed by atoms with van der Waals surface area (Å²) in [7, 11) is 0. The lowest BCUT2D eigenvalue weighted by atomic mass is 10.1. The highest BCUT2D eigenvalue weighted by Gasteiger charge is 2.21. The van der Waals surface area contributed by atoms with Crippen LogP contribution in [-0.2, 0) is 11.2 Å². The number of hydrogen-bond acceptors (Lipinski definition) is 6. The molecular formula is C19H16N6OS. The highest BCUT2D eigenvalue weighted by Crippen LogP contribution is 2.29. The fourth-order valence-electron chi connectivity index (χ4n) is 2.68. The molecule has 4 aromatic rings. The molecule has 4 rings (SSSR count). The fraction of sp³-hybridized carbons (Fsp3) is 0.105. The van der Waals surface area contributed by atoms with Crippen LogP contribution >= 0.6 is 11.3 Å². The molecule has 0 saturated carbocycles. The van der Waals surface area contributed by atoms with Crippen molar-refractivity contribution >= 4 is 28.1 Å². The number of hydrogen-bond donors (Lipinski definition) is 0. The fourth-order valence-corrected chi connectivity index (χ4v) is 3.52. The van der Waals surface area contributed by atoms with Crippen LogP contribution in [0.25, 0.3) is 5.69 Å². The van der Waals surface area contributed by atoms with Crippen LogP contribution in [0.15, 0.2) is 66.3 Å². The summed E-state index contributed by atoms with van der Waals surface area (Å²) in [5.74, 6) is -0.0364. The van der Waals surface area contributed by atoms with E-state index in [1.165, 1.54) is 17.7 Å². The van der Waals surface area contributed by atoms with Crippen molar-refractivity contribution in [2.75, 3.05) is 4.90 Å². The van der Waals surface area contributed by atoms with Gasteiger partial charge in [-0.05, 0) is 47.2 Å². The molecule has 0 fully saturated rings. The van der Waals surface area contributed by atoms with Gasteiger partial charge < -0.3 is 0 Å². The maximum absolute atomic E-state index is 13.1. The van der Waals surface area contributed by atoms with Crippen molar-refractivity contribution < 1.29 is 4.79 Å². The SMILES string of the molecule is Cc1csc(N(C(=O)Cc2ccc(-n3cnnn3)cc2)c2ccccc2)n1. The summed E-state index contributed by atoms with van der Waals surface area (Å²) in [5.41, 5.74) is 3.45. The van der Waals surface area contributed by atoms with Gasteiger partial charge in [0.05, 0.1) is 23.5 Å². The molecule has 0 aliphatic rings. The number of carbonyl (C=O) groups is 1. The molecule has 0 N–H and O–H groups in total. The zero-order valence-corrected chi connectivity index (χ0v) is 15.4. The summed E-state index contributed by atoms with van der Waals surface area (Å²) in [6.07, 6.45) is 1.80. The smallest absolute Gasteiger partial charge is 0.237 e. The van der Waals surface area contributed by atoms with E-state index in [0.717, 1.165) is 22.6 Å². The van der Waals surface area contributed by atoms with Crippen LogP contribution in [0.5, 0.6) is 0 Å². The van der Waals surface area contributed by atoms with E-state index >= 15 is 0 Å². The number of amides is 1. The second-order valence-electron chi connectivity index (χ2n) is 5.93. The van der Waals surface area contributed by atoms with Crippen LogP contribution in [0.1, 0.15) is 11.3 Å². The zero-order valence-electron chi connectivity index (χ0n) is 14.6. The van der Waals surface area contributed by atoms with Crippen molar-refractivity contribution in [3.8, 4) is 5.69 Å². The van der Waals surface area contributed by atoms with Crippen molar-refractivity contribution in [2.24, 2.45) is 0 Å². The number of aryl methyl sites for hydroxylation is 1. The molecule has 0 radical (unpaired) electrons.